The fourth-order valence-corrected chi connectivity index (χ4v) is 3.47. The van der Waals surface area contributed by atoms with Gasteiger partial charge in [-0.3, -0.25) is 10.2 Å². The number of nitrogens with one attached hydrogen (secondary N) is 1. The molecule has 10 heteroatoms. The Kier molecular flexibility index (Phi) is 5.56. The maximum absolute atomic E-state index is 14.0. The lowest BCUT2D eigenvalue weighted by Crippen LogP contribution is -2.42. The van der Waals surface area contributed by atoms with Crippen molar-refractivity contribution in [2.24, 2.45) is 11.0 Å². The molecular formula is C18H14Cl2F3N3O2. The Morgan fingerprint density at radius 3 is 2.50 bits per heavy atom. The van der Waals surface area contributed by atoms with Gasteiger partial charge in [0.25, 0.3) is 5.60 Å². The molecule has 0 radical (unpaired) electrons. The van der Waals surface area contributed by atoms with E-state index in [1.54, 1.807) is 24.3 Å². The molecular weight excluding hydrogens is 418 g/mol. The van der Waals surface area contributed by atoms with Crippen molar-refractivity contribution in [2.45, 2.75) is 24.6 Å². The van der Waals surface area contributed by atoms with E-state index in [4.69, 9.17) is 33.9 Å². The van der Waals surface area contributed by atoms with E-state index < -0.39 is 24.1 Å². The number of carbonyl (C=O) groups excluding carboxylic acids is 1. The van der Waals surface area contributed by atoms with E-state index in [9.17, 15) is 18.0 Å². The maximum atomic E-state index is 14.0. The van der Waals surface area contributed by atoms with Gasteiger partial charge < -0.3 is 4.84 Å². The summed E-state index contributed by atoms with van der Waals surface area (Å²) in [5.74, 6) is 4.63. The van der Waals surface area contributed by atoms with E-state index in [0.717, 1.165) is 12.1 Å². The van der Waals surface area contributed by atoms with Crippen LogP contribution in [0, 0.1) is 0 Å². The average molecular weight is 432 g/mol. The summed E-state index contributed by atoms with van der Waals surface area (Å²) in [5.41, 5.74) is 0.111. The number of amides is 1. The number of rotatable bonds is 4. The largest absolute Gasteiger partial charge is 0.435 e. The summed E-state index contributed by atoms with van der Waals surface area (Å²) >= 11 is 11.8. The van der Waals surface area contributed by atoms with Crippen molar-refractivity contribution in [3.8, 4) is 0 Å². The molecule has 1 aliphatic heterocycles. The molecule has 3 rings (SSSR count). The lowest BCUT2D eigenvalue weighted by Gasteiger charge is -2.29. The first-order valence-electron chi connectivity index (χ1n) is 8.02. The van der Waals surface area contributed by atoms with Gasteiger partial charge in [-0.05, 0) is 35.4 Å². The zero-order valence-corrected chi connectivity index (χ0v) is 15.7. The highest BCUT2D eigenvalue weighted by Crippen LogP contribution is 2.49. The van der Waals surface area contributed by atoms with Crippen LogP contribution in [-0.2, 0) is 21.7 Å². The predicted octanol–water partition coefficient (Wildman–Crippen LogP) is 4.11. The number of alkyl halides is 3. The number of halogens is 5. The Morgan fingerprint density at radius 1 is 1.21 bits per heavy atom. The smallest absolute Gasteiger partial charge is 0.374 e. The number of hydrogen-bond donors (Lipinski definition) is 2. The Morgan fingerprint density at radius 2 is 1.89 bits per heavy atom. The summed E-state index contributed by atoms with van der Waals surface area (Å²) in [7, 11) is 0. The van der Waals surface area contributed by atoms with Crippen molar-refractivity contribution in [3.63, 3.8) is 0 Å². The van der Waals surface area contributed by atoms with E-state index in [1.165, 1.54) is 6.07 Å². The Hall–Kier alpha value is -2.29. The number of nitrogens with two attached hydrogens (primary N) is 1. The van der Waals surface area contributed by atoms with Gasteiger partial charge in [-0.15, -0.1) is 0 Å². The second kappa shape index (κ2) is 7.62. The van der Waals surface area contributed by atoms with E-state index >= 15 is 0 Å². The van der Waals surface area contributed by atoms with E-state index in [0.29, 0.717) is 11.1 Å². The Balaban J connectivity index is 1.96. The van der Waals surface area contributed by atoms with Crippen LogP contribution in [0.1, 0.15) is 23.1 Å². The molecule has 28 heavy (non-hydrogen) atoms. The lowest BCUT2D eigenvalue weighted by atomic mass is 9.86. The van der Waals surface area contributed by atoms with Crippen LogP contribution in [0.25, 0.3) is 0 Å². The van der Waals surface area contributed by atoms with Crippen molar-refractivity contribution in [1.82, 2.24) is 5.43 Å². The van der Waals surface area contributed by atoms with Gasteiger partial charge in [-0.25, -0.2) is 5.84 Å². The maximum Gasteiger partial charge on any atom is 0.435 e. The molecule has 0 saturated heterocycles. The molecule has 148 valence electrons. The number of carbonyl (C=O) groups is 1. The molecule has 0 bridgehead atoms. The summed E-state index contributed by atoms with van der Waals surface area (Å²) in [4.78, 5) is 16.4. The quantitative estimate of drug-likeness (QED) is 0.434. The molecule has 0 aliphatic carbocycles. The molecule has 0 aromatic heterocycles. The van der Waals surface area contributed by atoms with E-state index in [-0.39, 0.29) is 27.7 Å². The second-order valence-corrected chi connectivity index (χ2v) is 7.11. The van der Waals surface area contributed by atoms with Gasteiger partial charge in [0.2, 0.25) is 5.91 Å². The van der Waals surface area contributed by atoms with Crippen molar-refractivity contribution >= 4 is 34.8 Å². The third kappa shape index (κ3) is 3.94. The van der Waals surface area contributed by atoms with Crippen molar-refractivity contribution < 1.29 is 22.8 Å². The average Bonchev–Trinajstić information content (AvgIpc) is 3.08. The van der Waals surface area contributed by atoms with Crippen LogP contribution in [0.5, 0.6) is 0 Å². The van der Waals surface area contributed by atoms with Crippen LogP contribution in [-0.4, -0.2) is 17.8 Å². The van der Waals surface area contributed by atoms with E-state index in [2.05, 4.69) is 5.16 Å². The summed E-state index contributed by atoms with van der Waals surface area (Å²) in [6.45, 7) is 0. The van der Waals surface area contributed by atoms with Gasteiger partial charge in [0.15, 0.2) is 0 Å². The molecule has 1 unspecified atom stereocenters. The molecule has 0 fully saturated rings. The summed E-state index contributed by atoms with van der Waals surface area (Å²) in [5, 5.41) is 3.79. The molecule has 2 aromatic rings. The number of nitrogens with zero attached hydrogens (tertiary/aromatic N) is 1. The van der Waals surface area contributed by atoms with Crippen molar-refractivity contribution in [1.29, 1.82) is 0 Å². The third-order valence-electron chi connectivity index (χ3n) is 4.30. The van der Waals surface area contributed by atoms with E-state index in [1.807, 2.05) is 5.43 Å². The predicted molar refractivity (Wildman–Crippen MR) is 98.9 cm³/mol. The minimum Gasteiger partial charge on any atom is -0.374 e. The van der Waals surface area contributed by atoms with Crippen LogP contribution in [0.3, 0.4) is 0 Å². The van der Waals surface area contributed by atoms with Gasteiger partial charge >= 0.3 is 6.18 Å². The van der Waals surface area contributed by atoms with Crippen LogP contribution in [0.4, 0.5) is 13.2 Å². The first kappa shape index (κ1) is 20.4. The second-order valence-electron chi connectivity index (χ2n) is 6.23. The standard InChI is InChI=1S/C18H14Cl2F3N3O2/c19-13-6-12(7-14(20)8-13)17(18(21,22)23)9-15(26-28-17)11-3-1-2-10(4-11)5-16(27)25-24/h1-4,6-8H,5,9,24H2,(H,25,27). The van der Waals surface area contributed by atoms with Crippen LogP contribution in [0.2, 0.25) is 10.0 Å². The van der Waals surface area contributed by atoms with Crippen LogP contribution in [0.15, 0.2) is 47.6 Å². The molecule has 1 atom stereocenters. The zero-order chi connectivity index (χ0) is 20.5. The highest BCUT2D eigenvalue weighted by Gasteiger charge is 2.62. The lowest BCUT2D eigenvalue weighted by molar-refractivity contribution is -0.275. The summed E-state index contributed by atoms with van der Waals surface area (Å²) in [6.07, 6.45) is -5.37. The van der Waals surface area contributed by atoms with Gasteiger partial charge in [-0.2, -0.15) is 13.2 Å². The van der Waals surface area contributed by atoms with Crippen LogP contribution >= 0.6 is 23.2 Å². The van der Waals surface area contributed by atoms with Gasteiger partial charge in [0, 0.05) is 22.0 Å². The highest BCUT2D eigenvalue weighted by molar-refractivity contribution is 6.34. The normalized spacial score (nSPS) is 19.1. The first-order chi connectivity index (χ1) is 13.1. The molecule has 5 nitrogen and oxygen atoms in total. The fourth-order valence-electron chi connectivity index (χ4n) is 2.94. The van der Waals surface area contributed by atoms with Crippen molar-refractivity contribution in [3.05, 3.63) is 69.2 Å². The molecule has 1 amide bonds. The minimum atomic E-state index is -4.77. The molecule has 0 spiro atoms. The zero-order valence-electron chi connectivity index (χ0n) is 14.2. The number of benzene rings is 2. The monoisotopic (exact) mass is 431 g/mol. The molecule has 0 saturated carbocycles. The van der Waals surface area contributed by atoms with Crippen molar-refractivity contribution in [2.75, 3.05) is 0 Å². The topological polar surface area (TPSA) is 76.7 Å². The first-order valence-corrected chi connectivity index (χ1v) is 8.77. The van der Waals surface area contributed by atoms with Gasteiger partial charge in [0.05, 0.1) is 12.1 Å². The van der Waals surface area contributed by atoms with Crippen LogP contribution < -0.4 is 11.3 Å². The molecule has 2 aromatic carbocycles. The minimum absolute atomic E-state index is 0.0210. The summed E-state index contributed by atoms with van der Waals surface area (Å²) < 4.78 is 42.0. The summed E-state index contributed by atoms with van der Waals surface area (Å²) in [6, 6.07) is 10.1. The molecule has 1 aliphatic rings. The third-order valence-corrected chi connectivity index (χ3v) is 4.74. The molecule has 3 N–H and O–H groups in total. The van der Waals surface area contributed by atoms with Gasteiger partial charge in [-0.1, -0.05) is 46.6 Å². The highest BCUT2D eigenvalue weighted by atomic mass is 35.5. The fraction of sp³-hybridized carbons (Fsp3) is 0.222. The number of hydrogen-bond acceptors (Lipinski definition) is 4. The number of hydrazine groups is 1. The Labute approximate surface area is 168 Å². The van der Waals surface area contributed by atoms with Gasteiger partial charge in [0.1, 0.15) is 0 Å². The SMILES string of the molecule is NNC(=O)Cc1cccc(C2=NOC(c3cc(Cl)cc(Cl)c3)(C(F)(F)F)C2)c1. The number of oxime groups is 1. The Bertz CT molecular complexity index is 930. The molecule has 1 heterocycles.